The smallest absolute Gasteiger partial charge is 0.314 e. The van der Waals surface area contributed by atoms with Crippen molar-refractivity contribution in [2.24, 2.45) is 0 Å². The van der Waals surface area contributed by atoms with Crippen molar-refractivity contribution >= 4 is 17.6 Å². The molecule has 0 unspecified atom stereocenters. The molecule has 2 rings (SSSR count). The molecule has 1 fully saturated rings. The van der Waals surface area contributed by atoms with Gasteiger partial charge in [-0.25, -0.2) is 0 Å². The third-order valence-corrected chi connectivity index (χ3v) is 3.71. The van der Waals surface area contributed by atoms with Gasteiger partial charge in [-0.15, -0.1) is 0 Å². The number of hydrogen-bond acceptors (Lipinski definition) is 2. The van der Waals surface area contributed by atoms with Crippen LogP contribution < -0.4 is 4.74 Å². The van der Waals surface area contributed by atoms with Crippen LogP contribution in [0.15, 0.2) is 18.2 Å². The normalized spacial score (nSPS) is 17.6. The molecule has 0 atom stereocenters. The molecule has 0 amide bonds. The van der Waals surface area contributed by atoms with Gasteiger partial charge in [-0.1, -0.05) is 30.2 Å². The van der Waals surface area contributed by atoms with Crippen molar-refractivity contribution in [1.82, 2.24) is 0 Å². The lowest BCUT2D eigenvalue weighted by Crippen LogP contribution is -2.42. The molecule has 1 aromatic carbocycles. The first-order valence-electron chi connectivity index (χ1n) is 5.18. The Morgan fingerprint density at radius 2 is 2.19 bits per heavy atom. The summed E-state index contributed by atoms with van der Waals surface area (Å²) in [5.41, 5.74) is -0.127. The van der Waals surface area contributed by atoms with Gasteiger partial charge >= 0.3 is 5.97 Å². The quantitative estimate of drug-likeness (QED) is 0.884. The molecule has 3 nitrogen and oxygen atoms in total. The third-order valence-electron chi connectivity index (χ3n) is 3.32. The van der Waals surface area contributed by atoms with E-state index >= 15 is 0 Å². The summed E-state index contributed by atoms with van der Waals surface area (Å²) in [7, 11) is 1.53. The predicted molar refractivity (Wildman–Crippen MR) is 61.2 cm³/mol. The molecule has 86 valence electrons. The van der Waals surface area contributed by atoms with Gasteiger partial charge in [-0.2, -0.15) is 0 Å². The molecule has 1 aromatic rings. The minimum Gasteiger partial charge on any atom is -0.495 e. The lowest BCUT2D eigenvalue weighted by atomic mass is 9.64. The summed E-state index contributed by atoms with van der Waals surface area (Å²) in [4.78, 5) is 11.4. The predicted octanol–water partition coefficient (Wildman–Crippen LogP) is 2.85. The van der Waals surface area contributed by atoms with Crippen molar-refractivity contribution in [3.8, 4) is 5.75 Å². The summed E-state index contributed by atoms with van der Waals surface area (Å²) in [6, 6.07) is 5.29. The molecule has 4 heteroatoms. The van der Waals surface area contributed by atoms with Crippen LogP contribution in [0.5, 0.6) is 5.75 Å². The fraction of sp³-hybridized carbons (Fsp3) is 0.417. The average Bonchev–Trinajstić information content (AvgIpc) is 2.18. The van der Waals surface area contributed by atoms with E-state index in [4.69, 9.17) is 16.3 Å². The van der Waals surface area contributed by atoms with Crippen LogP contribution in [0.3, 0.4) is 0 Å². The number of rotatable bonds is 3. The van der Waals surface area contributed by atoms with Gasteiger partial charge in [0, 0.05) is 0 Å². The van der Waals surface area contributed by atoms with Gasteiger partial charge in [0.2, 0.25) is 0 Å². The van der Waals surface area contributed by atoms with Gasteiger partial charge in [0.15, 0.2) is 0 Å². The van der Waals surface area contributed by atoms with Gasteiger partial charge in [0.05, 0.1) is 17.5 Å². The summed E-state index contributed by atoms with van der Waals surface area (Å²) >= 11 is 6.16. The zero-order valence-corrected chi connectivity index (χ0v) is 9.75. The van der Waals surface area contributed by atoms with Crippen LogP contribution in [0.25, 0.3) is 0 Å². The number of carboxylic acid groups (broad SMARTS) is 1. The molecule has 0 aromatic heterocycles. The van der Waals surface area contributed by atoms with E-state index < -0.39 is 11.4 Å². The molecule has 0 saturated heterocycles. The lowest BCUT2D eigenvalue weighted by Gasteiger charge is -2.38. The van der Waals surface area contributed by atoms with E-state index in [9.17, 15) is 9.90 Å². The first kappa shape index (κ1) is 11.3. The van der Waals surface area contributed by atoms with Crippen LogP contribution in [0, 0.1) is 0 Å². The highest BCUT2D eigenvalue weighted by molar-refractivity contribution is 6.33. The number of ether oxygens (including phenoxy) is 1. The van der Waals surface area contributed by atoms with Crippen LogP contribution >= 0.6 is 11.6 Å². The maximum atomic E-state index is 11.4. The Bertz CT molecular complexity index is 424. The number of benzene rings is 1. The van der Waals surface area contributed by atoms with Crippen molar-refractivity contribution < 1.29 is 14.6 Å². The Morgan fingerprint density at radius 3 is 2.62 bits per heavy atom. The van der Waals surface area contributed by atoms with Crippen molar-refractivity contribution in [2.75, 3.05) is 7.11 Å². The van der Waals surface area contributed by atoms with Gasteiger partial charge in [0.1, 0.15) is 5.75 Å². The van der Waals surface area contributed by atoms with Crippen LogP contribution in [-0.2, 0) is 10.2 Å². The van der Waals surface area contributed by atoms with Crippen molar-refractivity contribution in [3.05, 3.63) is 28.8 Å². The zero-order valence-electron chi connectivity index (χ0n) is 9.00. The number of carbonyl (C=O) groups is 1. The number of aliphatic carboxylic acids is 1. The number of halogens is 1. The Morgan fingerprint density at radius 1 is 1.50 bits per heavy atom. The summed E-state index contributed by atoms with van der Waals surface area (Å²) < 4.78 is 5.10. The molecule has 0 bridgehead atoms. The second-order valence-corrected chi connectivity index (χ2v) is 4.44. The summed E-state index contributed by atoms with van der Waals surface area (Å²) in [5.74, 6) is -0.263. The second kappa shape index (κ2) is 3.98. The standard InChI is InChI=1S/C12H13ClO3/c1-16-9-5-2-4-8(10(9)13)12(11(14)15)6-3-7-12/h2,4-5H,3,6-7H2,1H3,(H,14,15). The molecule has 0 radical (unpaired) electrons. The Balaban J connectivity index is 2.51. The average molecular weight is 241 g/mol. The topological polar surface area (TPSA) is 46.5 Å². The summed E-state index contributed by atoms with van der Waals surface area (Å²) in [6.45, 7) is 0. The van der Waals surface area contributed by atoms with E-state index in [0.29, 0.717) is 29.2 Å². The Kier molecular flexibility index (Phi) is 2.80. The molecule has 1 saturated carbocycles. The first-order chi connectivity index (χ1) is 7.62. The van der Waals surface area contributed by atoms with Crippen LogP contribution in [-0.4, -0.2) is 18.2 Å². The summed E-state index contributed by atoms with van der Waals surface area (Å²) in [6.07, 6.45) is 2.23. The van der Waals surface area contributed by atoms with Crippen molar-refractivity contribution in [1.29, 1.82) is 0 Å². The minimum absolute atomic E-state index is 0.423. The molecule has 1 N–H and O–H groups in total. The number of carboxylic acids is 1. The largest absolute Gasteiger partial charge is 0.495 e. The highest BCUT2D eigenvalue weighted by atomic mass is 35.5. The van der Waals surface area contributed by atoms with Gasteiger partial charge in [0.25, 0.3) is 0 Å². The van der Waals surface area contributed by atoms with E-state index in [2.05, 4.69) is 0 Å². The summed E-state index contributed by atoms with van der Waals surface area (Å²) in [5, 5.41) is 9.75. The van der Waals surface area contributed by atoms with E-state index in [0.717, 1.165) is 6.42 Å². The van der Waals surface area contributed by atoms with Gasteiger partial charge in [-0.3, -0.25) is 4.79 Å². The van der Waals surface area contributed by atoms with Crippen LogP contribution in [0.2, 0.25) is 5.02 Å². The molecule has 16 heavy (non-hydrogen) atoms. The fourth-order valence-corrected chi connectivity index (χ4v) is 2.55. The number of hydrogen-bond donors (Lipinski definition) is 1. The van der Waals surface area contributed by atoms with E-state index in [-0.39, 0.29) is 0 Å². The molecular formula is C12H13ClO3. The monoisotopic (exact) mass is 240 g/mol. The minimum atomic E-state index is -0.800. The maximum absolute atomic E-state index is 11.4. The Hall–Kier alpha value is -1.22. The molecule has 0 heterocycles. The third kappa shape index (κ3) is 1.47. The molecule has 1 aliphatic carbocycles. The zero-order chi connectivity index (χ0) is 11.8. The maximum Gasteiger partial charge on any atom is 0.314 e. The van der Waals surface area contributed by atoms with Crippen LogP contribution in [0.4, 0.5) is 0 Å². The van der Waals surface area contributed by atoms with E-state index in [1.807, 2.05) is 0 Å². The van der Waals surface area contributed by atoms with Gasteiger partial charge < -0.3 is 9.84 Å². The first-order valence-corrected chi connectivity index (χ1v) is 5.56. The molecule has 1 aliphatic rings. The SMILES string of the molecule is COc1cccc(C2(C(=O)O)CCC2)c1Cl. The second-order valence-electron chi connectivity index (χ2n) is 4.06. The Labute approximate surface area is 99.0 Å². The molecular weight excluding hydrogens is 228 g/mol. The van der Waals surface area contributed by atoms with Crippen LogP contribution in [0.1, 0.15) is 24.8 Å². The van der Waals surface area contributed by atoms with Crippen molar-refractivity contribution in [3.63, 3.8) is 0 Å². The van der Waals surface area contributed by atoms with E-state index in [1.54, 1.807) is 18.2 Å². The lowest BCUT2D eigenvalue weighted by molar-refractivity contribution is -0.147. The van der Waals surface area contributed by atoms with Gasteiger partial charge in [-0.05, 0) is 24.5 Å². The number of methoxy groups -OCH3 is 1. The van der Waals surface area contributed by atoms with E-state index in [1.165, 1.54) is 7.11 Å². The van der Waals surface area contributed by atoms with Crippen molar-refractivity contribution in [2.45, 2.75) is 24.7 Å². The molecule has 0 spiro atoms. The molecule has 0 aliphatic heterocycles. The fourth-order valence-electron chi connectivity index (χ4n) is 2.17. The highest BCUT2D eigenvalue weighted by Gasteiger charge is 2.47. The highest BCUT2D eigenvalue weighted by Crippen LogP contribution is 2.48.